The SMILES string of the molecule is CCNCc1ncc(-c2cc(C)c(C)s2)o1. The van der Waals surface area contributed by atoms with E-state index in [1.807, 2.05) is 0 Å². The average Bonchev–Trinajstić information content (AvgIpc) is 2.84. The van der Waals surface area contributed by atoms with Crippen LogP contribution in [0.2, 0.25) is 0 Å². The van der Waals surface area contributed by atoms with E-state index in [0.29, 0.717) is 6.54 Å². The van der Waals surface area contributed by atoms with Crippen LogP contribution in [0, 0.1) is 13.8 Å². The summed E-state index contributed by atoms with van der Waals surface area (Å²) in [6.45, 7) is 7.93. The van der Waals surface area contributed by atoms with E-state index in [2.05, 4.69) is 37.1 Å². The van der Waals surface area contributed by atoms with Gasteiger partial charge in [0.15, 0.2) is 5.76 Å². The molecule has 0 aliphatic carbocycles. The minimum Gasteiger partial charge on any atom is -0.438 e. The van der Waals surface area contributed by atoms with Crippen molar-refractivity contribution in [1.82, 2.24) is 10.3 Å². The Hall–Kier alpha value is -1.13. The number of hydrogen-bond donors (Lipinski definition) is 1. The third-order valence-corrected chi connectivity index (χ3v) is 3.66. The predicted octanol–water partition coefficient (Wildman–Crippen LogP) is 3.13. The summed E-state index contributed by atoms with van der Waals surface area (Å²) in [5.74, 6) is 1.62. The highest BCUT2D eigenvalue weighted by Gasteiger charge is 2.09. The summed E-state index contributed by atoms with van der Waals surface area (Å²) in [6.07, 6.45) is 1.80. The molecule has 0 aliphatic rings. The van der Waals surface area contributed by atoms with Crippen molar-refractivity contribution in [1.29, 1.82) is 0 Å². The minimum atomic E-state index is 0.694. The van der Waals surface area contributed by atoms with Gasteiger partial charge in [0.05, 0.1) is 17.6 Å². The highest BCUT2D eigenvalue weighted by atomic mass is 32.1. The maximum absolute atomic E-state index is 5.68. The normalized spacial score (nSPS) is 10.9. The van der Waals surface area contributed by atoms with Crippen LogP contribution in [0.4, 0.5) is 0 Å². The molecule has 0 fully saturated rings. The zero-order valence-electron chi connectivity index (χ0n) is 9.83. The molecule has 0 atom stereocenters. The van der Waals surface area contributed by atoms with Gasteiger partial charge in [0.1, 0.15) is 0 Å². The first-order valence-corrected chi connectivity index (χ1v) is 6.25. The molecule has 0 saturated heterocycles. The second kappa shape index (κ2) is 4.80. The maximum Gasteiger partial charge on any atom is 0.208 e. The Morgan fingerprint density at radius 3 is 2.88 bits per heavy atom. The molecule has 0 amide bonds. The van der Waals surface area contributed by atoms with Gasteiger partial charge in [-0.3, -0.25) is 0 Å². The first-order valence-electron chi connectivity index (χ1n) is 5.43. The third-order valence-electron chi connectivity index (χ3n) is 2.49. The number of aryl methyl sites for hydroxylation is 2. The Kier molecular flexibility index (Phi) is 3.41. The molecule has 2 aromatic rings. The van der Waals surface area contributed by atoms with E-state index in [9.17, 15) is 0 Å². The lowest BCUT2D eigenvalue weighted by atomic mass is 10.3. The van der Waals surface area contributed by atoms with Gasteiger partial charge in [-0.05, 0) is 32.0 Å². The van der Waals surface area contributed by atoms with Gasteiger partial charge in [-0.1, -0.05) is 6.92 Å². The third kappa shape index (κ3) is 2.33. The number of oxazole rings is 1. The molecular weight excluding hydrogens is 220 g/mol. The van der Waals surface area contributed by atoms with Gasteiger partial charge in [0.2, 0.25) is 5.89 Å². The standard InChI is InChI=1S/C12H16N2OS/c1-4-13-7-12-14-6-10(15-12)11-5-8(2)9(3)16-11/h5-6,13H,4,7H2,1-3H3. The van der Waals surface area contributed by atoms with Crippen LogP contribution in [0.3, 0.4) is 0 Å². The zero-order valence-corrected chi connectivity index (χ0v) is 10.6. The highest BCUT2D eigenvalue weighted by Crippen LogP contribution is 2.30. The van der Waals surface area contributed by atoms with E-state index in [4.69, 9.17) is 4.42 Å². The van der Waals surface area contributed by atoms with E-state index < -0.39 is 0 Å². The summed E-state index contributed by atoms with van der Waals surface area (Å²) < 4.78 is 5.68. The molecule has 2 heterocycles. The van der Waals surface area contributed by atoms with Crippen molar-refractivity contribution < 1.29 is 4.42 Å². The maximum atomic E-state index is 5.68. The summed E-state index contributed by atoms with van der Waals surface area (Å²) >= 11 is 1.75. The Balaban J connectivity index is 2.18. The van der Waals surface area contributed by atoms with Crippen LogP contribution < -0.4 is 5.32 Å². The van der Waals surface area contributed by atoms with Crippen LogP contribution in [0.25, 0.3) is 10.6 Å². The molecule has 3 nitrogen and oxygen atoms in total. The zero-order chi connectivity index (χ0) is 11.5. The van der Waals surface area contributed by atoms with Crippen molar-refractivity contribution in [2.24, 2.45) is 0 Å². The molecular formula is C12H16N2OS. The highest BCUT2D eigenvalue weighted by molar-refractivity contribution is 7.15. The number of thiophene rings is 1. The van der Waals surface area contributed by atoms with E-state index in [-0.39, 0.29) is 0 Å². The monoisotopic (exact) mass is 236 g/mol. The van der Waals surface area contributed by atoms with Crippen LogP contribution in [-0.4, -0.2) is 11.5 Å². The van der Waals surface area contributed by atoms with Crippen molar-refractivity contribution in [3.8, 4) is 10.6 Å². The smallest absolute Gasteiger partial charge is 0.208 e. The molecule has 2 aromatic heterocycles. The van der Waals surface area contributed by atoms with E-state index in [1.54, 1.807) is 17.5 Å². The number of rotatable bonds is 4. The van der Waals surface area contributed by atoms with Gasteiger partial charge < -0.3 is 9.73 Å². The predicted molar refractivity (Wildman–Crippen MR) is 66.7 cm³/mol. The molecule has 0 radical (unpaired) electrons. The van der Waals surface area contributed by atoms with Gasteiger partial charge in [-0.2, -0.15) is 0 Å². The van der Waals surface area contributed by atoms with E-state index in [0.717, 1.165) is 23.1 Å². The van der Waals surface area contributed by atoms with Gasteiger partial charge in [0.25, 0.3) is 0 Å². The summed E-state index contributed by atoms with van der Waals surface area (Å²) in [5, 5.41) is 3.19. The van der Waals surface area contributed by atoms with Crippen LogP contribution in [0.5, 0.6) is 0 Å². The molecule has 0 spiro atoms. The van der Waals surface area contributed by atoms with Crippen molar-refractivity contribution in [2.45, 2.75) is 27.3 Å². The molecule has 0 aliphatic heterocycles. The summed E-state index contributed by atoms with van der Waals surface area (Å²) in [4.78, 5) is 6.74. The lowest BCUT2D eigenvalue weighted by molar-refractivity contribution is 0.483. The van der Waals surface area contributed by atoms with Crippen LogP contribution in [-0.2, 0) is 6.54 Å². The number of hydrogen-bond acceptors (Lipinski definition) is 4. The summed E-state index contributed by atoms with van der Waals surface area (Å²) in [5.41, 5.74) is 1.31. The molecule has 1 N–H and O–H groups in total. The van der Waals surface area contributed by atoms with Gasteiger partial charge in [-0.15, -0.1) is 11.3 Å². The molecule has 0 saturated carbocycles. The Labute approximate surface area is 99.5 Å². The van der Waals surface area contributed by atoms with Crippen molar-refractivity contribution in [3.05, 3.63) is 28.6 Å². The fourth-order valence-electron chi connectivity index (χ4n) is 1.43. The summed E-state index contributed by atoms with van der Waals surface area (Å²) in [7, 11) is 0. The molecule has 2 rings (SSSR count). The fourth-order valence-corrected chi connectivity index (χ4v) is 2.41. The van der Waals surface area contributed by atoms with Gasteiger partial charge in [0, 0.05) is 4.88 Å². The molecule has 16 heavy (non-hydrogen) atoms. The topological polar surface area (TPSA) is 38.1 Å². The first-order chi connectivity index (χ1) is 7.70. The Morgan fingerprint density at radius 2 is 2.25 bits per heavy atom. The lowest BCUT2D eigenvalue weighted by Crippen LogP contribution is -2.11. The lowest BCUT2D eigenvalue weighted by Gasteiger charge is -1.94. The van der Waals surface area contributed by atoms with E-state index in [1.165, 1.54) is 10.4 Å². The second-order valence-corrected chi connectivity index (χ2v) is 5.00. The molecule has 0 bridgehead atoms. The van der Waals surface area contributed by atoms with E-state index >= 15 is 0 Å². The van der Waals surface area contributed by atoms with Crippen molar-refractivity contribution >= 4 is 11.3 Å². The minimum absolute atomic E-state index is 0.694. The van der Waals surface area contributed by atoms with Crippen LogP contribution in [0.1, 0.15) is 23.3 Å². The molecule has 0 aromatic carbocycles. The quantitative estimate of drug-likeness (QED) is 0.886. The Morgan fingerprint density at radius 1 is 1.44 bits per heavy atom. The second-order valence-electron chi connectivity index (χ2n) is 3.75. The molecule has 4 heteroatoms. The first kappa shape index (κ1) is 11.4. The number of nitrogens with one attached hydrogen (secondary N) is 1. The van der Waals surface area contributed by atoms with Gasteiger partial charge >= 0.3 is 0 Å². The Bertz CT molecular complexity index is 454. The fraction of sp³-hybridized carbons (Fsp3) is 0.417. The van der Waals surface area contributed by atoms with Crippen molar-refractivity contribution in [3.63, 3.8) is 0 Å². The largest absolute Gasteiger partial charge is 0.438 e. The molecule has 0 unspecified atom stereocenters. The molecule has 86 valence electrons. The van der Waals surface area contributed by atoms with Gasteiger partial charge in [-0.25, -0.2) is 4.98 Å². The van der Waals surface area contributed by atoms with Crippen molar-refractivity contribution in [2.75, 3.05) is 6.54 Å². The summed E-state index contributed by atoms with van der Waals surface area (Å²) in [6, 6.07) is 2.15. The van der Waals surface area contributed by atoms with Crippen LogP contribution >= 0.6 is 11.3 Å². The number of nitrogens with zero attached hydrogens (tertiary/aromatic N) is 1. The van der Waals surface area contributed by atoms with Crippen LogP contribution in [0.15, 0.2) is 16.7 Å². The number of aromatic nitrogens is 1. The average molecular weight is 236 g/mol.